The van der Waals surface area contributed by atoms with Gasteiger partial charge in [0.1, 0.15) is 12.5 Å². The Morgan fingerprint density at radius 2 is 1.26 bits per heavy atom. The average molecular weight is 523 g/mol. The molecule has 1 N–H and O–H groups in total. The smallest absolute Gasteiger partial charge is 0.197 e. The molecule has 0 aromatic heterocycles. The second kappa shape index (κ2) is 12.8. The number of allylic oxidation sites excluding steroid dienone is 4. The third-order valence-electron chi connectivity index (χ3n) is 10.3. The third-order valence-corrected chi connectivity index (χ3v) is 10.3. The van der Waals surface area contributed by atoms with Crippen LogP contribution < -0.4 is 0 Å². The summed E-state index contributed by atoms with van der Waals surface area (Å²) in [7, 11) is 0. The monoisotopic (exact) mass is 522 g/mol. The molecule has 1 aliphatic rings. The van der Waals surface area contributed by atoms with E-state index in [9.17, 15) is 5.11 Å². The highest BCUT2D eigenvalue weighted by Gasteiger charge is 2.72. The van der Waals surface area contributed by atoms with Crippen LogP contribution in [0.4, 0.5) is 0 Å². The van der Waals surface area contributed by atoms with Crippen molar-refractivity contribution in [2.45, 2.75) is 88.6 Å². The number of nitrogens with zero attached hydrogens (tertiary/aromatic N) is 1. The first-order valence-corrected chi connectivity index (χ1v) is 14.7. The quantitative estimate of drug-likeness (QED) is 0.111. The predicted octanol–water partition coefficient (Wildman–Crippen LogP) is 10.0. The van der Waals surface area contributed by atoms with E-state index in [4.69, 9.17) is 6.72 Å². The van der Waals surface area contributed by atoms with E-state index >= 15 is 0 Å². The summed E-state index contributed by atoms with van der Waals surface area (Å²) >= 11 is 0. The highest BCUT2D eigenvalue weighted by molar-refractivity contribution is 5.40. The molecule has 1 fully saturated rings. The van der Waals surface area contributed by atoms with Crippen LogP contribution in [0.3, 0.4) is 0 Å². The third kappa shape index (κ3) is 6.21. The van der Waals surface area contributed by atoms with E-state index in [1.54, 1.807) is 0 Å². The topological polar surface area (TPSA) is 23.2 Å². The first-order chi connectivity index (χ1) is 17.3. The molecule has 7 atom stereocenters. The lowest BCUT2D eigenvalue weighted by molar-refractivity contribution is -0.577. The van der Waals surface area contributed by atoms with Gasteiger partial charge in [-0.3, -0.25) is 0 Å². The van der Waals surface area contributed by atoms with E-state index in [1.165, 1.54) is 0 Å². The molecule has 0 aliphatic heterocycles. The molecule has 0 aromatic rings. The molecule has 0 aromatic carbocycles. The fourth-order valence-corrected chi connectivity index (χ4v) is 7.60. The minimum atomic E-state index is -0.349. The molecule has 0 amide bonds. The summed E-state index contributed by atoms with van der Waals surface area (Å²) in [6.45, 7) is 49.6. The van der Waals surface area contributed by atoms with Gasteiger partial charge in [0.2, 0.25) is 0 Å². The molecule has 38 heavy (non-hydrogen) atoms. The van der Waals surface area contributed by atoms with Gasteiger partial charge in [-0.25, -0.2) is 0 Å². The molecule has 0 saturated heterocycles. The molecule has 0 radical (unpaired) electrons. The van der Waals surface area contributed by atoms with E-state index in [2.05, 4.69) is 126 Å². The fraction of sp³-hybridized carbons (Fsp3) is 0.639. The van der Waals surface area contributed by atoms with Gasteiger partial charge < -0.3 is 5.11 Å². The molecular formula is C36H60NO+. The van der Waals surface area contributed by atoms with Crippen molar-refractivity contribution >= 4 is 6.72 Å². The fourth-order valence-electron chi connectivity index (χ4n) is 7.60. The van der Waals surface area contributed by atoms with Gasteiger partial charge >= 0.3 is 0 Å². The average Bonchev–Trinajstić information content (AvgIpc) is 3.05. The molecule has 1 rings (SSSR count). The highest BCUT2D eigenvalue weighted by Crippen LogP contribution is 2.67. The highest BCUT2D eigenvalue weighted by atomic mass is 16.3. The maximum atomic E-state index is 9.86. The Kier molecular flexibility index (Phi) is 11.5. The Morgan fingerprint density at radius 1 is 0.763 bits per heavy atom. The molecule has 0 heterocycles. The van der Waals surface area contributed by atoms with Crippen molar-refractivity contribution in [3.63, 3.8) is 0 Å². The lowest BCUT2D eigenvalue weighted by Crippen LogP contribution is -2.56. The van der Waals surface area contributed by atoms with Crippen LogP contribution in [0.5, 0.6) is 0 Å². The molecule has 214 valence electrons. The molecule has 0 spiro atoms. The summed E-state index contributed by atoms with van der Waals surface area (Å²) in [4.78, 5) is 0. The normalized spacial score (nSPS) is 29.6. The van der Waals surface area contributed by atoms with Crippen molar-refractivity contribution < 1.29 is 9.68 Å². The molecule has 1 aliphatic carbocycles. The van der Waals surface area contributed by atoms with Crippen LogP contribution in [-0.2, 0) is 0 Å². The van der Waals surface area contributed by atoms with Crippen LogP contribution in [0.25, 0.3) is 0 Å². The van der Waals surface area contributed by atoms with E-state index in [1.807, 2.05) is 12.2 Å². The Morgan fingerprint density at radius 3 is 1.66 bits per heavy atom. The van der Waals surface area contributed by atoms with Crippen LogP contribution in [0.2, 0.25) is 0 Å². The van der Waals surface area contributed by atoms with Crippen LogP contribution in [0.1, 0.15) is 83.1 Å². The van der Waals surface area contributed by atoms with Crippen molar-refractivity contribution in [1.82, 2.24) is 0 Å². The summed E-state index contributed by atoms with van der Waals surface area (Å²) in [6, 6.07) is 0. The second-order valence-electron chi connectivity index (χ2n) is 13.8. The summed E-state index contributed by atoms with van der Waals surface area (Å²) in [5.74, 6) is 4.26. The Labute approximate surface area is 236 Å². The van der Waals surface area contributed by atoms with E-state index in [0.29, 0.717) is 58.8 Å². The second-order valence-corrected chi connectivity index (χ2v) is 13.8. The minimum Gasteiger partial charge on any atom is -0.508 e. The zero-order chi connectivity index (χ0) is 29.9. The van der Waals surface area contributed by atoms with Crippen molar-refractivity contribution in [2.24, 2.45) is 58.7 Å². The number of rotatable bonds is 13. The van der Waals surface area contributed by atoms with Crippen LogP contribution in [0, 0.1) is 58.7 Å². The van der Waals surface area contributed by atoms with Gasteiger partial charge in [-0.1, -0.05) is 107 Å². The lowest BCUT2D eigenvalue weighted by atomic mass is 9.60. The van der Waals surface area contributed by atoms with Crippen LogP contribution >= 0.6 is 0 Å². The summed E-state index contributed by atoms with van der Waals surface area (Å²) in [5, 5.41) is 9.86. The van der Waals surface area contributed by atoms with E-state index < -0.39 is 0 Å². The summed E-state index contributed by atoms with van der Waals surface area (Å²) < 4.78 is 2.22. The Hall–Kier alpha value is -2.09. The van der Waals surface area contributed by atoms with Crippen molar-refractivity contribution in [2.75, 3.05) is 0 Å². The Balaban J connectivity index is 3.85. The van der Waals surface area contributed by atoms with Gasteiger partial charge in [-0.2, -0.15) is 4.58 Å². The van der Waals surface area contributed by atoms with E-state index in [0.717, 1.165) is 11.3 Å². The first-order valence-electron chi connectivity index (χ1n) is 14.7. The van der Waals surface area contributed by atoms with Crippen LogP contribution in [0.15, 0.2) is 73.2 Å². The molecule has 1 saturated carbocycles. The van der Waals surface area contributed by atoms with Crippen LogP contribution in [-0.4, -0.2) is 21.9 Å². The zero-order valence-corrected chi connectivity index (χ0v) is 26.9. The lowest BCUT2D eigenvalue weighted by Gasteiger charge is -2.45. The van der Waals surface area contributed by atoms with Crippen molar-refractivity contribution in [3.05, 3.63) is 73.2 Å². The standard InChI is InChI=1S/C36H59NO/c1-22(2)30(13)26(9)19-21-29(12)37(17)36(16)34(25(7)8)32(23(3)4)33(24(5)6)35(36,15)28(11)20-18-27(10)31(14)38/h18-26,30,32-34H,10-12,14,17H2,1-9,13,15-16H3/p+1/b20-18-,21-19-/t26?,30-,32?,33?,34?,35?,36?/m1/s1. The van der Waals surface area contributed by atoms with Gasteiger partial charge in [0.05, 0.1) is 5.41 Å². The van der Waals surface area contributed by atoms with E-state index in [-0.39, 0.29) is 16.7 Å². The minimum absolute atomic E-state index is 0.0176. The molecule has 2 heteroatoms. The molecule has 2 nitrogen and oxygen atoms in total. The molecule has 0 bridgehead atoms. The maximum absolute atomic E-state index is 9.86. The van der Waals surface area contributed by atoms with Gasteiger partial charge in [-0.05, 0) is 66.4 Å². The number of aliphatic hydroxyl groups excluding tert-OH is 1. The van der Waals surface area contributed by atoms with Gasteiger partial charge in [-0.15, -0.1) is 0 Å². The molecule has 6 unspecified atom stereocenters. The summed E-state index contributed by atoms with van der Waals surface area (Å²) in [5.41, 5.74) is 1.81. The van der Waals surface area contributed by atoms with Gasteiger partial charge in [0, 0.05) is 24.5 Å². The Bertz CT molecular complexity index is 973. The van der Waals surface area contributed by atoms with Gasteiger partial charge in [0.15, 0.2) is 11.2 Å². The number of aliphatic hydroxyl groups is 1. The molecular weight excluding hydrogens is 462 g/mol. The largest absolute Gasteiger partial charge is 0.508 e. The van der Waals surface area contributed by atoms with Crippen molar-refractivity contribution in [3.8, 4) is 0 Å². The number of hydrogen-bond acceptors (Lipinski definition) is 1. The zero-order valence-electron chi connectivity index (χ0n) is 26.9. The first kappa shape index (κ1) is 33.9. The predicted molar refractivity (Wildman–Crippen MR) is 170 cm³/mol. The maximum Gasteiger partial charge on any atom is 0.197 e. The SMILES string of the molecule is C=C(O)C(=C)/C=C\C(=C)C1(C)C(C(C)C)C(C(C)C)C(C(C)C)C1(C)[N+](=C)C(=C)/C=C\C(C)[C@H](C)C(C)C. The summed E-state index contributed by atoms with van der Waals surface area (Å²) in [6.07, 6.45) is 8.37. The number of hydrogen-bond donors (Lipinski definition) is 1. The van der Waals surface area contributed by atoms with Crippen molar-refractivity contribution in [1.29, 1.82) is 0 Å². The van der Waals surface area contributed by atoms with Gasteiger partial charge in [0.25, 0.3) is 0 Å².